The zero-order valence-electron chi connectivity index (χ0n) is 14.8. The number of carbonyl (C=O) groups is 1. The van der Waals surface area contributed by atoms with E-state index in [4.69, 9.17) is 0 Å². The van der Waals surface area contributed by atoms with Crippen LogP contribution in [0.1, 0.15) is 30.1 Å². The van der Waals surface area contributed by atoms with Gasteiger partial charge in [-0.25, -0.2) is 9.37 Å². The number of benzene rings is 2. The zero-order valence-corrected chi connectivity index (χ0v) is 14.8. The Balaban J connectivity index is 1.27. The summed E-state index contributed by atoms with van der Waals surface area (Å²) >= 11 is 0. The summed E-state index contributed by atoms with van der Waals surface area (Å²) in [6.07, 6.45) is 2.55. The number of H-pyrrole nitrogens is 1. The highest BCUT2D eigenvalue weighted by Crippen LogP contribution is 2.48. The summed E-state index contributed by atoms with van der Waals surface area (Å²) in [4.78, 5) is 22.3. The largest absolute Gasteiger partial charge is 0.345 e. The van der Waals surface area contributed by atoms with Gasteiger partial charge in [0.2, 0.25) is 5.91 Å². The Hall–Kier alpha value is -2.69. The van der Waals surface area contributed by atoms with E-state index in [1.165, 1.54) is 12.1 Å². The van der Waals surface area contributed by atoms with Crippen molar-refractivity contribution >= 4 is 16.9 Å². The van der Waals surface area contributed by atoms with Gasteiger partial charge in [0.15, 0.2) is 0 Å². The quantitative estimate of drug-likeness (QED) is 0.732. The van der Waals surface area contributed by atoms with Gasteiger partial charge in [-0.3, -0.25) is 4.79 Å². The molecule has 2 atom stereocenters. The average Bonchev–Trinajstić information content (AvgIpc) is 3.33. The summed E-state index contributed by atoms with van der Waals surface area (Å²) in [6, 6.07) is 14.5. The van der Waals surface area contributed by atoms with Crippen molar-refractivity contribution < 1.29 is 9.18 Å². The zero-order chi connectivity index (χ0) is 18.1. The number of amides is 1. The number of hydrogen-bond acceptors (Lipinski definition) is 2. The Kier molecular flexibility index (Phi) is 4.45. The number of para-hydroxylation sites is 2. The Labute approximate surface area is 152 Å². The van der Waals surface area contributed by atoms with Crippen molar-refractivity contribution in [1.82, 2.24) is 14.9 Å². The van der Waals surface area contributed by atoms with E-state index in [2.05, 4.69) is 9.97 Å². The molecule has 1 saturated carbocycles. The van der Waals surface area contributed by atoms with E-state index in [-0.39, 0.29) is 23.6 Å². The molecule has 0 spiro atoms. The fourth-order valence-corrected chi connectivity index (χ4v) is 3.55. The molecular formula is C21H22FN3O. The molecule has 1 aliphatic carbocycles. The number of imidazole rings is 1. The van der Waals surface area contributed by atoms with Crippen LogP contribution in [0.25, 0.3) is 11.0 Å². The topological polar surface area (TPSA) is 49.0 Å². The Morgan fingerprint density at radius 1 is 1.23 bits per heavy atom. The molecule has 134 valence electrons. The molecule has 4 nitrogen and oxygen atoms in total. The second kappa shape index (κ2) is 6.90. The second-order valence-corrected chi connectivity index (χ2v) is 7.06. The van der Waals surface area contributed by atoms with E-state index in [0.29, 0.717) is 6.54 Å². The minimum absolute atomic E-state index is 0.0386. The normalized spacial score (nSPS) is 18.8. The second-order valence-electron chi connectivity index (χ2n) is 7.06. The van der Waals surface area contributed by atoms with E-state index in [9.17, 15) is 9.18 Å². The van der Waals surface area contributed by atoms with Gasteiger partial charge in [-0.1, -0.05) is 24.3 Å². The van der Waals surface area contributed by atoms with Gasteiger partial charge in [0, 0.05) is 25.9 Å². The summed E-state index contributed by atoms with van der Waals surface area (Å²) in [6.45, 7) is 0.711. The molecule has 26 heavy (non-hydrogen) atoms. The van der Waals surface area contributed by atoms with Gasteiger partial charge < -0.3 is 9.88 Å². The number of nitrogens with zero attached hydrogens (tertiary/aromatic N) is 2. The van der Waals surface area contributed by atoms with Crippen molar-refractivity contribution in [2.75, 3.05) is 13.6 Å². The highest BCUT2D eigenvalue weighted by atomic mass is 19.1. The first-order valence-electron chi connectivity index (χ1n) is 9.06. The van der Waals surface area contributed by atoms with Gasteiger partial charge in [-0.15, -0.1) is 0 Å². The summed E-state index contributed by atoms with van der Waals surface area (Å²) < 4.78 is 13.0. The number of nitrogens with one attached hydrogen (secondary N) is 1. The van der Waals surface area contributed by atoms with Crippen molar-refractivity contribution in [3.63, 3.8) is 0 Å². The number of aromatic amines is 1. The van der Waals surface area contributed by atoms with Gasteiger partial charge in [-0.2, -0.15) is 0 Å². The van der Waals surface area contributed by atoms with Gasteiger partial charge in [0.25, 0.3) is 0 Å². The predicted molar refractivity (Wildman–Crippen MR) is 99.3 cm³/mol. The van der Waals surface area contributed by atoms with Crippen molar-refractivity contribution in [2.24, 2.45) is 5.92 Å². The van der Waals surface area contributed by atoms with Crippen LogP contribution in [0.15, 0.2) is 48.5 Å². The fourth-order valence-electron chi connectivity index (χ4n) is 3.55. The van der Waals surface area contributed by atoms with Gasteiger partial charge in [0.1, 0.15) is 11.6 Å². The molecule has 0 bridgehead atoms. The van der Waals surface area contributed by atoms with Crippen LogP contribution >= 0.6 is 0 Å². The lowest BCUT2D eigenvalue weighted by Crippen LogP contribution is -2.29. The molecule has 1 N–H and O–H groups in total. The molecule has 3 aromatic rings. The van der Waals surface area contributed by atoms with Crippen LogP contribution in [0.5, 0.6) is 0 Å². The van der Waals surface area contributed by atoms with Crippen LogP contribution in [0.2, 0.25) is 0 Å². The van der Waals surface area contributed by atoms with Crippen molar-refractivity contribution in [1.29, 1.82) is 0 Å². The van der Waals surface area contributed by atoms with Gasteiger partial charge >= 0.3 is 0 Å². The van der Waals surface area contributed by atoms with Crippen LogP contribution in [-0.2, 0) is 11.2 Å². The number of fused-ring (bicyclic) bond motifs is 1. The number of rotatable bonds is 6. The standard InChI is InChI=1S/C21H22FN3O/c1-25(12-4-7-20-23-18-5-2-3-6-19(18)24-20)21(26)17-13-16(17)14-8-10-15(22)11-9-14/h2-3,5-6,8-11,16-17H,4,7,12-13H2,1H3,(H,23,24). The summed E-state index contributed by atoms with van der Waals surface area (Å²) in [7, 11) is 1.86. The molecule has 1 heterocycles. The number of aryl methyl sites for hydroxylation is 1. The highest BCUT2D eigenvalue weighted by molar-refractivity contribution is 5.82. The Morgan fingerprint density at radius 3 is 2.77 bits per heavy atom. The minimum atomic E-state index is -0.236. The number of hydrogen-bond donors (Lipinski definition) is 1. The molecule has 1 fully saturated rings. The fraction of sp³-hybridized carbons (Fsp3) is 0.333. The summed E-state index contributed by atoms with van der Waals surface area (Å²) in [5, 5.41) is 0. The first kappa shape index (κ1) is 16.8. The molecule has 1 amide bonds. The third kappa shape index (κ3) is 3.47. The molecule has 0 aliphatic heterocycles. The maximum atomic E-state index is 13.0. The van der Waals surface area contributed by atoms with Crippen molar-refractivity contribution in [2.45, 2.75) is 25.2 Å². The van der Waals surface area contributed by atoms with Crippen LogP contribution in [0.3, 0.4) is 0 Å². The monoisotopic (exact) mass is 351 g/mol. The van der Waals surface area contributed by atoms with Crippen LogP contribution in [-0.4, -0.2) is 34.4 Å². The van der Waals surface area contributed by atoms with Crippen molar-refractivity contribution in [3.05, 3.63) is 65.7 Å². The number of halogens is 1. The van der Waals surface area contributed by atoms with E-state index in [0.717, 1.165) is 41.7 Å². The average molecular weight is 351 g/mol. The molecule has 0 radical (unpaired) electrons. The first-order chi connectivity index (χ1) is 12.6. The number of aromatic nitrogens is 2. The molecular weight excluding hydrogens is 329 g/mol. The van der Waals surface area contributed by atoms with Crippen LogP contribution < -0.4 is 0 Å². The highest BCUT2D eigenvalue weighted by Gasteiger charge is 2.44. The molecule has 5 heteroatoms. The summed E-state index contributed by atoms with van der Waals surface area (Å²) in [5.74, 6) is 1.18. The smallest absolute Gasteiger partial charge is 0.226 e. The lowest BCUT2D eigenvalue weighted by atomic mass is 10.1. The molecule has 2 aromatic carbocycles. The first-order valence-corrected chi connectivity index (χ1v) is 9.06. The third-order valence-corrected chi connectivity index (χ3v) is 5.13. The number of carbonyl (C=O) groups excluding carboxylic acids is 1. The third-order valence-electron chi connectivity index (χ3n) is 5.13. The SMILES string of the molecule is CN(CCCc1nc2ccccc2[nH]1)C(=O)C1CC1c1ccc(F)cc1. The predicted octanol–water partition coefficient (Wildman–Crippen LogP) is 3.90. The maximum Gasteiger partial charge on any atom is 0.226 e. The lowest BCUT2D eigenvalue weighted by Gasteiger charge is -2.17. The maximum absolute atomic E-state index is 13.0. The summed E-state index contributed by atoms with van der Waals surface area (Å²) in [5.41, 5.74) is 3.08. The van der Waals surface area contributed by atoms with Crippen molar-refractivity contribution in [3.8, 4) is 0 Å². The lowest BCUT2D eigenvalue weighted by molar-refractivity contribution is -0.131. The molecule has 4 rings (SSSR count). The van der Waals surface area contributed by atoms with Gasteiger partial charge in [-0.05, 0) is 48.6 Å². The van der Waals surface area contributed by atoms with Gasteiger partial charge in [0.05, 0.1) is 11.0 Å². The molecule has 2 unspecified atom stereocenters. The molecule has 0 saturated heterocycles. The van der Waals surface area contributed by atoms with E-state index < -0.39 is 0 Å². The van der Waals surface area contributed by atoms with E-state index in [1.807, 2.05) is 36.2 Å². The minimum Gasteiger partial charge on any atom is -0.345 e. The Bertz CT molecular complexity index is 885. The van der Waals surface area contributed by atoms with E-state index in [1.54, 1.807) is 12.1 Å². The van der Waals surface area contributed by atoms with E-state index >= 15 is 0 Å². The molecule has 1 aliphatic rings. The van der Waals surface area contributed by atoms with Crippen LogP contribution in [0, 0.1) is 11.7 Å². The Morgan fingerprint density at radius 2 is 2.00 bits per heavy atom. The molecule has 1 aromatic heterocycles. The van der Waals surface area contributed by atoms with Crippen LogP contribution in [0.4, 0.5) is 4.39 Å².